The van der Waals surface area contributed by atoms with Crippen molar-refractivity contribution in [3.63, 3.8) is 0 Å². The topological polar surface area (TPSA) is 0 Å². The van der Waals surface area contributed by atoms with Crippen LogP contribution in [0.25, 0.3) is 0 Å². The summed E-state index contributed by atoms with van der Waals surface area (Å²) in [6.45, 7) is 11.7. The van der Waals surface area contributed by atoms with E-state index in [0.717, 1.165) is 22.5 Å². The zero-order valence-electron chi connectivity index (χ0n) is 9.76. The Kier molecular flexibility index (Phi) is 7.58. The molecule has 80 valence electrons. The monoisotopic (exact) mass is 218 g/mol. The zero-order chi connectivity index (χ0) is 11.7. The first-order valence-electron chi connectivity index (χ1n) is 4.88. The van der Waals surface area contributed by atoms with Gasteiger partial charge in [-0.05, 0) is 25.7 Å². The molecule has 0 aromatic carbocycles. The Bertz CT molecular complexity index is 345. The lowest BCUT2D eigenvalue weighted by Crippen LogP contribution is -1.73. The van der Waals surface area contributed by atoms with E-state index in [0.29, 0.717) is 0 Å². The molecule has 0 aliphatic heterocycles. The third-order valence-electron chi connectivity index (χ3n) is 1.52. The first kappa shape index (κ1) is 13.9. The summed E-state index contributed by atoms with van der Waals surface area (Å²) < 4.78 is 0. The molecule has 0 unspecified atom stereocenters. The second-order valence-electron chi connectivity index (χ2n) is 3.14. The first-order chi connectivity index (χ1) is 7.10. The predicted octanol–water partition coefficient (Wildman–Crippen LogP) is 4.34. The summed E-state index contributed by atoms with van der Waals surface area (Å²) in [4.78, 5) is 1.10. The van der Waals surface area contributed by atoms with Crippen LogP contribution in [0.15, 0.2) is 47.4 Å². The highest BCUT2D eigenvalue weighted by Gasteiger charge is 1.86. The van der Waals surface area contributed by atoms with Crippen LogP contribution < -0.4 is 0 Å². The van der Waals surface area contributed by atoms with Gasteiger partial charge in [-0.1, -0.05) is 49.6 Å². The van der Waals surface area contributed by atoms with Crippen LogP contribution in [0.1, 0.15) is 20.3 Å². The largest absolute Gasteiger partial charge is 0.121 e. The second kappa shape index (κ2) is 8.20. The van der Waals surface area contributed by atoms with Gasteiger partial charge >= 0.3 is 0 Å². The average molecular weight is 218 g/mol. The minimum atomic E-state index is 0.814. The van der Waals surface area contributed by atoms with Gasteiger partial charge in [0, 0.05) is 5.57 Å². The Labute approximate surface area is 97.8 Å². The molecule has 0 aliphatic carbocycles. The molecule has 0 nitrogen and oxygen atoms in total. The van der Waals surface area contributed by atoms with Crippen molar-refractivity contribution in [1.82, 2.24) is 0 Å². The number of rotatable bonds is 4. The lowest BCUT2D eigenvalue weighted by Gasteiger charge is -1.91. The van der Waals surface area contributed by atoms with Crippen LogP contribution in [0.4, 0.5) is 0 Å². The van der Waals surface area contributed by atoms with Gasteiger partial charge in [0.25, 0.3) is 0 Å². The smallest absolute Gasteiger partial charge is 0.0534 e. The molecule has 0 spiro atoms. The van der Waals surface area contributed by atoms with Crippen molar-refractivity contribution < 1.29 is 0 Å². The summed E-state index contributed by atoms with van der Waals surface area (Å²) in [7, 11) is 0. The minimum absolute atomic E-state index is 0.814. The molecule has 0 aromatic heterocycles. The summed E-state index contributed by atoms with van der Waals surface area (Å²) in [5.41, 5.74) is 1.82. The van der Waals surface area contributed by atoms with Gasteiger partial charge in [-0.15, -0.1) is 11.8 Å². The quantitative estimate of drug-likeness (QED) is 0.500. The van der Waals surface area contributed by atoms with E-state index in [4.69, 9.17) is 0 Å². The van der Waals surface area contributed by atoms with Gasteiger partial charge in [-0.3, -0.25) is 0 Å². The SMILES string of the molecule is C=C(C)/C=C\C(=C)C#C/C(=C/CC)SC. The fraction of sp³-hybridized carbons (Fsp3) is 0.286. The predicted molar refractivity (Wildman–Crippen MR) is 72.8 cm³/mol. The Morgan fingerprint density at radius 3 is 2.40 bits per heavy atom. The fourth-order valence-electron chi connectivity index (χ4n) is 0.797. The summed E-state index contributed by atoms with van der Waals surface area (Å²) >= 11 is 1.67. The lowest BCUT2D eigenvalue weighted by atomic mass is 10.2. The maximum absolute atomic E-state index is 3.86. The van der Waals surface area contributed by atoms with E-state index in [1.807, 2.05) is 25.3 Å². The van der Waals surface area contributed by atoms with E-state index in [1.165, 1.54) is 0 Å². The molecule has 0 bridgehead atoms. The van der Waals surface area contributed by atoms with E-state index in [2.05, 4.69) is 38.0 Å². The Hall–Kier alpha value is -1.13. The van der Waals surface area contributed by atoms with Gasteiger partial charge in [-0.2, -0.15) is 0 Å². The molecule has 0 fully saturated rings. The zero-order valence-corrected chi connectivity index (χ0v) is 10.6. The molecule has 0 saturated carbocycles. The summed E-state index contributed by atoms with van der Waals surface area (Å²) in [5.74, 6) is 6.10. The van der Waals surface area contributed by atoms with Crippen LogP contribution in [0, 0.1) is 11.8 Å². The molecule has 0 N–H and O–H groups in total. The summed E-state index contributed by atoms with van der Waals surface area (Å²) in [5, 5.41) is 0. The standard InChI is InChI=1S/C14H18S/c1-6-7-14(15-5)11-10-13(4)9-8-12(2)3/h7-9H,2,4,6H2,1,3,5H3/b9-8-,14-7-. The van der Waals surface area contributed by atoms with Gasteiger partial charge in [0.05, 0.1) is 4.91 Å². The third kappa shape index (κ3) is 7.90. The maximum Gasteiger partial charge on any atom is 0.0534 e. The number of allylic oxidation sites excluding steroid dienone is 6. The van der Waals surface area contributed by atoms with Crippen molar-refractivity contribution in [2.75, 3.05) is 6.26 Å². The van der Waals surface area contributed by atoms with Gasteiger partial charge in [0.2, 0.25) is 0 Å². The lowest BCUT2D eigenvalue weighted by molar-refractivity contribution is 1.22. The van der Waals surface area contributed by atoms with Gasteiger partial charge in [-0.25, -0.2) is 0 Å². The van der Waals surface area contributed by atoms with Crippen LogP contribution >= 0.6 is 11.8 Å². The van der Waals surface area contributed by atoms with Gasteiger partial charge < -0.3 is 0 Å². The number of hydrogen-bond donors (Lipinski definition) is 0. The Morgan fingerprint density at radius 2 is 1.93 bits per heavy atom. The molecule has 0 aliphatic rings. The van der Waals surface area contributed by atoms with Crippen LogP contribution in [0.3, 0.4) is 0 Å². The van der Waals surface area contributed by atoms with Gasteiger partial charge in [0.1, 0.15) is 0 Å². The van der Waals surface area contributed by atoms with Crippen LogP contribution in [-0.4, -0.2) is 6.26 Å². The first-order valence-corrected chi connectivity index (χ1v) is 6.11. The summed E-state index contributed by atoms with van der Waals surface area (Å²) in [6.07, 6.45) is 8.97. The molecule has 0 saturated heterocycles. The van der Waals surface area contributed by atoms with Crippen molar-refractivity contribution >= 4 is 11.8 Å². The van der Waals surface area contributed by atoms with Crippen LogP contribution in [-0.2, 0) is 0 Å². The molecule has 15 heavy (non-hydrogen) atoms. The van der Waals surface area contributed by atoms with E-state index in [-0.39, 0.29) is 0 Å². The minimum Gasteiger partial charge on any atom is -0.121 e. The van der Waals surface area contributed by atoms with Crippen molar-refractivity contribution in [2.45, 2.75) is 20.3 Å². The summed E-state index contributed by atoms with van der Waals surface area (Å²) in [6, 6.07) is 0. The normalized spacial score (nSPS) is 11.0. The third-order valence-corrected chi connectivity index (χ3v) is 2.23. The molecule has 1 heteroatoms. The number of thioether (sulfide) groups is 1. The highest BCUT2D eigenvalue weighted by molar-refractivity contribution is 8.02. The molecule has 0 atom stereocenters. The van der Waals surface area contributed by atoms with Gasteiger partial charge in [0.15, 0.2) is 0 Å². The van der Waals surface area contributed by atoms with Crippen molar-refractivity contribution in [2.24, 2.45) is 0 Å². The molecule has 0 aromatic rings. The highest BCUT2D eigenvalue weighted by Crippen LogP contribution is 2.10. The number of hydrogen-bond acceptors (Lipinski definition) is 1. The Balaban J connectivity index is 4.45. The molecule has 0 amide bonds. The van der Waals surface area contributed by atoms with Crippen molar-refractivity contribution in [1.29, 1.82) is 0 Å². The van der Waals surface area contributed by atoms with E-state index < -0.39 is 0 Å². The molecule has 0 heterocycles. The fourth-order valence-corrected chi connectivity index (χ4v) is 1.28. The van der Waals surface area contributed by atoms with Crippen molar-refractivity contribution in [3.8, 4) is 11.8 Å². The van der Waals surface area contributed by atoms with Crippen LogP contribution in [0.2, 0.25) is 0 Å². The molecule has 0 radical (unpaired) electrons. The van der Waals surface area contributed by atoms with E-state index in [1.54, 1.807) is 11.8 Å². The molecular weight excluding hydrogens is 200 g/mol. The molecular formula is C14H18S. The van der Waals surface area contributed by atoms with E-state index in [9.17, 15) is 0 Å². The van der Waals surface area contributed by atoms with Crippen molar-refractivity contribution in [3.05, 3.63) is 47.4 Å². The highest BCUT2D eigenvalue weighted by atomic mass is 32.2. The second-order valence-corrected chi connectivity index (χ2v) is 3.98. The Morgan fingerprint density at radius 1 is 1.27 bits per heavy atom. The molecule has 0 rings (SSSR count). The van der Waals surface area contributed by atoms with Crippen LogP contribution in [0.5, 0.6) is 0 Å². The average Bonchev–Trinajstić information content (AvgIpc) is 2.21. The van der Waals surface area contributed by atoms with E-state index >= 15 is 0 Å². The maximum atomic E-state index is 3.86.